The SMILES string of the molecule is CC(=O)CCCCOC(=O)/C=C/c1cc(Cl)c2c(c1)OCCO2. The molecule has 0 saturated heterocycles. The van der Waals surface area contributed by atoms with Gasteiger partial charge in [-0.05, 0) is 43.5 Å². The van der Waals surface area contributed by atoms with Crippen molar-refractivity contribution in [1.82, 2.24) is 0 Å². The van der Waals surface area contributed by atoms with Crippen LogP contribution in [-0.2, 0) is 14.3 Å². The maximum atomic E-state index is 11.6. The Bertz CT molecular complexity index is 609. The van der Waals surface area contributed by atoms with Crippen LogP contribution in [0.4, 0.5) is 0 Å². The first-order valence-electron chi connectivity index (χ1n) is 7.49. The fraction of sp³-hybridized carbons (Fsp3) is 0.412. The molecule has 124 valence electrons. The first-order valence-corrected chi connectivity index (χ1v) is 7.87. The number of fused-ring (bicyclic) bond motifs is 1. The van der Waals surface area contributed by atoms with Crippen molar-refractivity contribution in [1.29, 1.82) is 0 Å². The van der Waals surface area contributed by atoms with Crippen molar-refractivity contribution in [2.24, 2.45) is 0 Å². The zero-order chi connectivity index (χ0) is 16.7. The molecule has 1 aromatic rings. The average Bonchev–Trinajstić information content (AvgIpc) is 2.52. The largest absolute Gasteiger partial charge is 0.486 e. The molecule has 1 aliphatic heterocycles. The van der Waals surface area contributed by atoms with Gasteiger partial charge in [0.25, 0.3) is 0 Å². The predicted octanol–water partition coefficient (Wildman–Crippen LogP) is 3.43. The van der Waals surface area contributed by atoms with Crippen LogP contribution < -0.4 is 9.47 Å². The molecular formula is C17H19ClO5. The fourth-order valence-corrected chi connectivity index (χ4v) is 2.36. The first-order chi connectivity index (χ1) is 11.1. The van der Waals surface area contributed by atoms with E-state index < -0.39 is 5.97 Å². The number of hydrogen-bond donors (Lipinski definition) is 0. The van der Waals surface area contributed by atoms with E-state index in [1.807, 2.05) is 0 Å². The third-order valence-electron chi connectivity index (χ3n) is 3.20. The Morgan fingerprint density at radius 3 is 2.83 bits per heavy atom. The van der Waals surface area contributed by atoms with Gasteiger partial charge in [-0.3, -0.25) is 0 Å². The molecule has 0 atom stereocenters. The number of ketones is 1. The number of halogens is 1. The molecule has 1 aromatic carbocycles. The maximum absolute atomic E-state index is 11.6. The van der Waals surface area contributed by atoms with Crippen molar-refractivity contribution in [2.75, 3.05) is 19.8 Å². The number of rotatable bonds is 7. The number of Topliss-reactive ketones (excluding diaryl/α,β-unsaturated/α-hetero) is 1. The van der Waals surface area contributed by atoms with Crippen LogP contribution in [0.25, 0.3) is 6.08 Å². The first kappa shape index (κ1) is 17.3. The van der Waals surface area contributed by atoms with E-state index in [-0.39, 0.29) is 5.78 Å². The molecule has 0 aromatic heterocycles. The van der Waals surface area contributed by atoms with Crippen LogP contribution >= 0.6 is 11.6 Å². The Morgan fingerprint density at radius 2 is 2.04 bits per heavy atom. The zero-order valence-corrected chi connectivity index (χ0v) is 13.7. The van der Waals surface area contributed by atoms with Crippen molar-refractivity contribution in [3.05, 3.63) is 28.8 Å². The van der Waals surface area contributed by atoms with Gasteiger partial charge in [0, 0.05) is 12.5 Å². The van der Waals surface area contributed by atoms with Gasteiger partial charge in [0.2, 0.25) is 0 Å². The van der Waals surface area contributed by atoms with Crippen LogP contribution in [0.3, 0.4) is 0 Å². The summed E-state index contributed by atoms with van der Waals surface area (Å²) in [5.41, 5.74) is 0.729. The van der Waals surface area contributed by atoms with E-state index in [0.29, 0.717) is 49.2 Å². The highest BCUT2D eigenvalue weighted by Gasteiger charge is 2.15. The minimum absolute atomic E-state index is 0.145. The molecule has 0 saturated carbocycles. The predicted molar refractivity (Wildman–Crippen MR) is 87.0 cm³/mol. The van der Waals surface area contributed by atoms with Crippen LogP contribution in [0, 0.1) is 0 Å². The molecule has 0 fully saturated rings. The third-order valence-corrected chi connectivity index (χ3v) is 3.48. The van der Waals surface area contributed by atoms with Gasteiger partial charge in [-0.25, -0.2) is 4.79 Å². The van der Waals surface area contributed by atoms with Gasteiger partial charge >= 0.3 is 5.97 Å². The molecule has 2 rings (SSSR count). The van der Waals surface area contributed by atoms with Gasteiger partial charge in [0.05, 0.1) is 11.6 Å². The van der Waals surface area contributed by atoms with Crippen LogP contribution in [0.1, 0.15) is 31.7 Å². The molecule has 5 nitrogen and oxygen atoms in total. The Hall–Kier alpha value is -2.01. The van der Waals surface area contributed by atoms with E-state index in [1.54, 1.807) is 25.1 Å². The smallest absolute Gasteiger partial charge is 0.330 e. The number of esters is 1. The number of benzene rings is 1. The number of carbonyl (C=O) groups excluding carboxylic acids is 2. The van der Waals surface area contributed by atoms with Gasteiger partial charge in [-0.2, -0.15) is 0 Å². The average molecular weight is 339 g/mol. The molecule has 0 spiro atoms. The molecule has 0 amide bonds. The molecule has 0 radical (unpaired) electrons. The lowest BCUT2D eigenvalue weighted by Gasteiger charge is -2.19. The van der Waals surface area contributed by atoms with Crippen molar-refractivity contribution < 1.29 is 23.8 Å². The summed E-state index contributed by atoms with van der Waals surface area (Å²) in [7, 11) is 0. The standard InChI is InChI=1S/C17H19ClO5/c1-12(19)4-2-3-7-22-16(20)6-5-13-10-14(18)17-15(11-13)21-8-9-23-17/h5-6,10-11H,2-4,7-9H2,1H3/b6-5+. The van der Waals surface area contributed by atoms with Crippen molar-refractivity contribution in [3.63, 3.8) is 0 Å². The molecule has 0 unspecified atom stereocenters. The Labute approximate surface area is 140 Å². The van der Waals surface area contributed by atoms with Gasteiger partial charge in [0.15, 0.2) is 11.5 Å². The second-order valence-electron chi connectivity index (χ2n) is 5.19. The lowest BCUT2D eigenvalue weighted by atomic mass is 10.2. The minimum atomic E-state index is -0.432. The van der Waals surface area contributed by atoms with E-state index in [2.05, 4.69) is 0 Å². The third kappa shape index (κ3) is 5.60. The van der Waals surface area contributed by atoms with E-state index in [4.69, 9.17) is 25.8 Å². The molecule has 23 heavy (non-hydrogen) atoms. The molecule has 0 aliphatic carbocycles. The van der Waals surface area contributed by atoms with E-state index in [0.717, 1.165) is 12.0 Å². The van der Waals surface area contributed by atoms with Crippen molar-refractivity contribution in [3.8, 4) is 11.5 Å². The molecule has 1 aliphatic rings. The summed E-state index contributed by atoms with van der Waals surface area (Å²) in [6, 6.07) is 3.46. The van der Waals surface area contributed by atoms with Gasteiger partial charge in [-0.1, -0.05) is 11.6 Å². The lowest BCUT2D eigenvalue weighted by molar-refractivity contribution is -0.137. The molecule has 6 heteroatoms. The Kier molecular flexibility index (Phi) is 6.47. The molecule has 0 N–H and O–H groups in total. The normalized spacial score (nSPS) is 13.1. The molecule has 0 bridgehead atoms. The van der Waals surface area contributed by atoms with Crippen LogP contribution in [0.2, 0.25) is 5.02 Å². The summed E-state index contributed by atoms with van der Waals surface area (Å²) in [6.45, 7) is 2.79. The summed E-state index contributed by atoms with van der Waals surface area (Å²) in [6.07, 6.45) is 4.87. The van der Waals surface area contributed by atoms with Crippen LogP contribution in [0.5, 0.6) is 11.5 Å². The van der Waals surface area contributed by atoms with Crippen molar-refractivity contribution in [2.45, 2.75) is 26.2 Å². The minimum Gasteiger partial charge on any atom is -0.486 e. The molecule has 1 heterocycles. The highest BCUT2D eigenvalue weighted by molar-refractivity contribution is 6.32. The summed E-state index contributed by atoms with van der Waals surface area (Å²) >= 11 is 6.12. The van der Waals surface area contributed by atoms with Crippen molar-refractivity contribution >= 4 is 29.4 Å². The fourth-order valence-electron chi connectivity index (χ4n) is 2.09. The number of ether oxygens (including phenoxy) is 3. The summed E-state index contributed by atoms with van der Waals surface area (Å²) in [5.74, 6) is 0.815. The Morgan fingerprint density at radius 1 is 1.26 bits per heavy atom. The quantitative estimate of drug-likeness (QED) is 0.433. The number of carbonyl (C=O) groups is 2. The molecular weight excluding hydrogens is 320 g/mol. The zero-order valence-electron chi connectivity index (χ0n) is 13.0. The van der Waals surface area contributed by atoms with E-state index >= 15 is 0 Å². The summed E-state index contributed by atoms with van der Waals surface area (Å²) < 4.78 is 16.0. The van der Waals surface area contributed by atoms with Gasteiger partial charge < -0.3 is 19.0 Å². The number of unbranched alkanes of at least 4 members (excludes halogenated alkanes) is 1. The lowest BCUT2D eigenvalue weighted by Crippen LogP contribution is -2.15. The van der Waals surface area contributed by atoms with E-state index in [9.17, 15) is 9.59 Å². The monoisotopic (exact) mass is 338 g/mol. The highest BCUT2D eigenvalue weighted by Crippen LogP contribution is 2.38. The van der Waals surface area contributed by atoms with E-state index in [1.165, 1.54) is 6.08 Å². The summed E-state index contributed by atoms with van der Waals surface area (Å²) in [4.78, 5) is 22.4. The van der Waals surface area contributed by atoms with Gasteiger partial charge in [0.1, 0.15) is 19.0 Å². The van der Waals surface area contributed by atoms with Crippen LogP contribution in [-0.4, -0.2) is 31.6 Å². The maximum Gasteiger partial charge on any atom is 0.330 e. The second-order valence-corrected chi connectivity index (χ2v) is 5.59. The van der Waals surface area contributed by atoms with Crippen LogP contribution in [0.15, 0.2) is 18.2 Å². The Balaban J connectivity index is 1.84. The number of hydrogen-bond acceptors (Lipinski definition) is 5. The highest BCUT2D eigenvalue weighted by atomic mass is 35.5. The second kappa shape index (κ2) is 8.58. The summed E-state index contributed by atoms with van der Waals surface area (Å²) in [5, 5.41) is 0.444. The topological polar surface area (TPSA) is 61.8 Å². The van der Waals surface area contributed by atoms with Gasteiger partial charge in [-0.15, -0.1) is 0 Å².